The summed E-state index contributed by atoms with van der Waals surface area (Å²) in [5.74, 6) is -0.628. The van der Waals surface area contributed by atoms with E-state index in [1.165, 1.54) is 18.8 Å². The first-order valence-electron chi connectivity index (χ1n) is 11.1. The van der Waals surface area contributed by atoms with Crippen LogP contribution >= 0.6 is 11.8 Å². The fourth-order valence-corrected chi connectivity index (χ4v) is 5.19. The number of likely N-dealkylation sites (tertiary alicyclic amines) is 1. The van der Waals surface area contributed by atoms with E-state index in [4.69, 9.17) is 0 Å². The molecule has 7 nitrogen and oxygen atoms in total. The third kappa shape index (κ3) is 7.09. The van der Waals surface area contributed by atoms with Crippen molar-refractivity contribution in [2.75, 3.05) is 18.3 Å². The van der Waals surface area contributed by atoms with Gasteiger partial charge in [0, 0.05) is 36.2 Å². The van der Waals surface area contributed by atoms with Crippen molar-refractivity contribution in [1.82, 2.24) is 10.2 Å². The van der Waals surface area contributed by atoms with Gasteiger partial charge in [0.05, 0.1) is 5.92 Å². The normalized spacial score (nSPS) is 16.4. The second-order valence-corrected chi connectivity index (χ2v) is 9.72. The number of benzene rings is 2. The maximum Gasteiger partial charge on any atom is 1.00 e. The van der Waals surface area contributed by atoms with Crippen molar-refractivity contribution in [3.63, 3.8) is 0 Å². The summed E-state index contributed by atoms with van der Waals surface area (Å²) in [4.78, 5) is 40.8. The number of imide groups is 1. The average Bonchev–Trinajstić information content (AvgIpc) is 3.09. The second kappa shape index (κ2) is 13.3. The minimum Gasteiger partial charge on any atom is -0.761 e. The van der Waals surface area contributed by atoms with Crippen molar-refractivity contribution in [3.8, 4) is 0 Å². The summed E-state index contributed by atoms with van der Waals surface area (Å²) in [6.07, 6.45) is 1.17. The van der Waals surface area contributed by atoms with Crippen molar-refractivity contribution in [2.45, 2.75) is 44.0 Å². The Balaban J connectivity index is 0.00000408. The molecule has 0 aromatic heterocycles. The van der Waals surface area contributed by atoms with Gasteiger partial charge in [-0.3, -0.25) is 19.3 Å². The number of likely N-dealkylation sites (N-methyl/N-ethyl adjacent to an activating group) is 1. The van der Waals surface area contributed by atoms with E-state index < -0.39 is 12.0 Å². The van der Waals surface area contributed by atoms with Gasteiger partial charge >= 0.3 is 29.6 Å². The number of amides is 3. The number of nitrogens with zero attached hydrogens (tertiary/aromatic N) is 1. The smallest absolute Gasteiger partial charge is 0.761 e. The summed E-state index contributed by atoms with van der Waals surface area (Å²) < 4.78 is 0. The average molecular weight is 492 g/mol. The second-order valence-electron chi connectivity index (χ2n) is 8.66. The minimum absolute atomic E-state index is 0. The van der Waals surface area contributed by atoms with Crippen LogP contribution in [0.5, 0.6) is 0 Å². The standard InChI is InChI=1S/C25H30N3O4S.Na/c1-16(2)11-18-13-20(27-32)9-10-22(18)33-15-19-14-23(29)28(25(19)31)21(24(30)26-3)12-17-7-5-4-6-8-17;/h4-10,13,16,19,21,27H,11-12,14-15H2,1-3H3,(H,26,30);/q-1;+1/t19-,21-;/m0./s1. The van der Waals surface area contributed by atoms with Crippen LogP contribution < -0.4 is 40.4 Å². The molecule has 0 bridgehead atoms. The molecule has 1 aliphatic rings. The Labute approximate surface area is 227 Å². The van der Waals surface area contributed by atoms with Crippen LogP contribution in [-0.2, 0) is 27.2 Å². The molecule has 34 heavy (non-hydrogen) atoms. The van der Waals surface area contributed by atoms with Crippen molar-refractivity contribution in [1.29, 1.82) is 0 Å². The Morgan fingerprint density at radius 1 is 1.15 bits per heavy atom. The van der Waals surface area contributed by atoms with Gasteiger partial charge in [-0.25, -0.2) is 0 Å². The summed E-state index contributed by atoms with van der Waals surface area (Å²) in [5, 5.41) is 13.7. The van der Waals surface area contributed by atoms with E-state index in [-0.39, 0.29) is 60.1 Å². The number of hydrogen-bond acceptors (Lipinski definition) is 6. The summed E-state index contributed by atoms with van der Waals surface area (Å²) in [6.45, 7) is 4.21. The summed E-state index contributed by atoms with van der Waals surface area (Å²) in [6, 6.07) is 13.9. The van der Waals surface area contributed by atoms with E-state index >= 15 is 0 Å². The molecule has 1 heterocycles. The Morgan fingerprint density at radius 3 is 2.47 bits per heavy atom. The van der Waals surface area contributed by atoms with Gasteiger partial charge in [-0.15, -0.1) is 11.8 Å². The molecular formula is C25H30N3NaO4S. The number of rotatable bonds is 10. The molecule has 2 aromatic carbocycles. The molecule has 3 amide bonds. The minimum atomic E-state index is -0.869. The van der Waals surface area contributed by atoms with Gasteiger partial charge in [-0.1, -0.05) is 44.2 Å². The van der Waals surface area contributed by atoms with Gasteiger partial charge in [-0.2, -0.15) is 0 Å². The molecule has 0 aliphatic carbocycles. The molecule has 1 saturated heterocycles. The summed E-state index contributed by atoms with van der Waals surface area (Å²) in [5.41, 5.74) is 4.35. The third-order valence-corrected chi connectivity index (χ3v) is 6.93. The van der Waals surface area contributed by atoms with Crippen molar-refractivity contribution in [3.05, 3.63) is 64.9 Å². The zero-order chi connectivity index (χ0) is 24.0. The predicted octanol–water partition coefficient (Wildman–Crippen LogP) is 0.623. The Hall–Kier alpha value is -1.84. The van der Waals surface area contributed by atoms with Gasteiger partial charge < -0.3 is 16.0 Å². The largest absolute Gasteiger partial charge is 1.00 e. The number of carbonyl (C=O) groups excluding carboxylic acids is 3. The summed E-state index contributed by atoms with van der Waals surface area (Å²) >= 11 is 1.51. The number of thioether (sulfide) groups is 1. The van der Waals surface area contributed by atoms with Crippen LogP contribution in [0.2, 0.25) is 0 Å². The quantitative estimate of drug-likeness (QED) is 0.219. The van der Waals surface area contributed by atoms with Crippen LogP contribution in [0.1, 0.15) is 31.4 Å². The molecule has 0 radical (unpaired) electrons. The van der Waals surface area contributed by atoms with Crippen molar-refractivity contribution in [2.24, 2.45) is 11.8 Å². The van der Waals surface area contributed by atoms with E-state index in [1.54, 1.807) is 6.07 Å². The molecule has 1 aliphatic heterocycles. The van der Waals surface area contributed by atoms with Crippen LogP contribution in [0, 0.1) is 17.0 Å². The van der Waals surface area contributed by atoms with Gasteiger partial charge in [0.15, 0.2) is 0 Å². The van der Waals surface area contributed by atoms with Gasteiger partial charge in [0.1, 0.15) is 6.04 Å². The van der Waals surface area contributed by atoms with Crippen LogP contribution in [0.15, 0.2) is 53.4 Å². The number of nitrogens with one attached hydrogen (secondary N) is 2. The molecule has 176 valence electrons. The van der Waals surface area contributed by atoms with Crippen LogP contribution in [0.25, 0.3) is 0 Å². The number of hydrogen-bond donors (Lipinski definition) is 2. The Morgan fingerprint density at radius 2 is 1.85 bits per heavy atom. The first-order chi connectivity index (χ1) is 15.8. The molecule has 3 rings (SSSR count). The monoisotopic (exact) mass is 491 g/mol. The molecule has 0 spiro atoms. The molecule has 2 aromatic rings. The molecule has 0 unspecified atom stereocenters. The molecule has 2 N–H and O–H groups in total. The van der Waals surface area contributed by atoms with E-state index in [1.807, 2.05) is 47.9 Å². The summed E-state index contributed by atoms with van der Waals surface area (Å²) in [7, 11) is 1.51. The molecule has 9 heteroatoms. The Bertz CT molecular complexity index is 1000. The topological polar surface area (TPSA) is 102 Å². The maximum absolute atomic E-state index is 13.2. The third-order valence-electron chi connectivity index (χ3n) is 5.66. The zero-order valence-corrected chi connectivity index (χ0v) is 23.0. The Kier molecular flexibility index (Phi) is 11.1. The number of carbonyl (C=O) groups is 3. The molecule has 0 saturated carbocycles. The van der Waals surface area contributed by atoms with Crippen molar-refractivity contribution < 1.29 is 43.9 Å². The van der Waals surface area contributed by atoms with E-state index in [0.29, 0.717) is 17.4 Å². The van der Waals surface area contributed by atoms with Gasteiger partial charge in [0.25, 0.3) is 0 Å². The van der Waals surface area contributed by atoms with E-state index in [0.717, 1.165) is 27.3 Å². The molecular weight excluding hydrogens is 461 g/mol. The van der Waals surface area contributed by atoms with Crippen molar-refractivity contribution >= 4 is 35.2 Å². The number of anilines is 1. The zero-order valence-electron chi connectivity index (χ0n) is 20.2. The van der Waals surface area contributed by atoms with E-state index in [9.17, 15) is 19.6 Å². The van der Waals surface area contributed by atoms with Crippen LogP contribution in [0.4, 0.5) is 5.69 Å². The molecule has 1 fully saturated rings. The van der Waals surface area contributed by atoms with Crippen LogP contribution in [0.3, 0.4) is 0 Å². The fourth-order valence-electron chi connectivity index (χ4n) is 4.05. The van der Waals surface area contributed by atoms with Gasteiger partial charge in [0.2, 0.25) is 17.7 Å². The maximum atomic E-state index is 13.2. The first-order valence-corrected chi connectivity index (χ1v) is 12.1. The predicted molar refractivity (Wildman–Crippen MR) is 131 cm³/mol. The van der Waals surface area contributed by atoms with Gasteiger partial charge in [-0.05, 0) is 41.7 Å². The van der Waals surface area contributed by atoms with E-state index in [2.05, 4.69) is 19.2 Å². The van der Waals surface area contributed by atoms with Crippen LogP contribution in [-0.4, -0.2) is 41.5 Å². The SMILES string of the molecule is CNC(=O)[C@H](Cc1ccccc1)N1C(=O)C[C@@H](CSc2ccc(N[O-])cc2CC(C)C)C1=O.[Na+]. The fraction of sp³-hybridized carbons (Fsp3) is 0.400. The first kappa shape index (κ1) is 28.4. The molecule has 2 atom stereocenters.